The van der Waals surface area contributed by atoms with Gasteiger partial charge in [-0.3, -0.25) is 9.59 Å². The second-order valence-electron chi connectivity index (χ2n) is 12.4. The van der Waals surface area contributed by atoms with Crippen molar-refractivity contribution in [1.29, 1.82) is 21.0 Å². The van der Waals surface area contributed by atoms with Gasteiger partial charge in [0, 0.05) is 34.3 Å². The maximum absolute atomic E-state index is 12.2. The van der Waals surface area contributed by atoms with Crippen molar-refractivity contribution >= 4 is 47.0 Å². The Morgan fingerprint density at radius 2 is 1.16 bits per heavy atom. The summed E-state index contributed by atoms with van der Waals surface area (Å²) >= 11 is 2.28. The van der Waals surface area contributed by atoms with Crippen LogP contribution < -0.4 is 21.3 Å². The zero-order valence-electron chi connectivity index (χ0n) is 33.1. The molecule has 1 fully saturated rings. The second-order valence-corrected chi connectivity index (χ2v) is 14.6. The SMILES string of the molecule is CC.CCc1c(C#N)c(SC(C(N)=O)c2ccccc2)nc(N(C)C)c1C#N.CCc1c(C#N)c(SC(C(N)=O)c2ccccc2)nc(N2CC(OC)C2)c1C#N. The molecule has 4 aromatic rings. The van der Waals surface area contributed by atoms with E-state index in [0.29, 0.717) is 81.0 Å². The van der Waals surface area contributed by atoms with Crippen LogP contribution in [0.25, 0.3) is 0 Å². The summed E-state index contributed by atoms with van der Waals surface area (Å²) < 4.78 is 5.33. The van der Waals surface area contributed by atoms with Crippen LogP contribution in [0.1, 0.15) is 82.7 Å². The Labute approximate surface area is 343 Å². The van der Waals surface area contributed by atoms with E-state index in [-0.39, 0.29) is 6.10 Å². The van der Waals surface area contributed by atoms with E-state index in [9.17, 15) is 30.6 Å². The first kappa shape index (κ1) is 45.3. The third-order valence-electron chi connectivity index (χ3n) is 8.74. The van der Waals surface area contributed by atoms with Gasteiger partial charge in [-0.1, -0.05) is 112 Å². The summed E-state index contributed by atoms with van der Waals surface area (Å²) in [6.45, 7) is 9.02. The predicted octanol–water partition coefficient (Wildman–Crippen LogP) is 6.34. The van der Waals surface area contributed by atoms with E-state index in [0.717, 1.165) is 34.7 Å². The Morgan fingerprint density at radius 1 is 0.754 bits per heavy atom. The highest BCUT2D eigenvalue weighted by molar-refractivity contribution is 8.00. The highest BCUT2D eigenvalue weighted by Crippen LogP contribution is 2.41. The Bertz CT molecular complexity index is 2200. The minimum atomic E-state index is -0.690. The van der Waals surface area contributed by atoms with Crippen LogP contribution in [0, 0.1) is 45.3 Å². The number of methoxy groups -OCH3 is 1. The molecule has 2 aromatic heterocycles. The van der Waals surface area contributed by atoms with Crippen LogP contribution in [0.15, 0.2) is 70.7 Å². The summed E-state index contributed by atoms with van der Waals surface area (Å²) in [7, 11) is 5.22. The summed E-state index contributed by atoms with van der Waals surface area (Å²) in [4.78, 5) is 37.0. The van der Waals surface area contributed by atoms with Crippen molar-refractivity contribution in [2.24, 2.45) is 11.5 Å². The average molecular weight is 803 g/mol. The molecule has 0 aliphatic carbocycles. The molecule has 294 valence electrons. The number of carbonyl (C=O) groups excluding carboxylic acids is 2. The van der Waals surface area contributed by atoms with Gasteiger partial charge < -0.3 is 26.0 Å². The number of nitrogens with two attached hydrogens (primary N) is 2. The highest BCUT2D eigenvalue weighted by atomic mass is 32.2. The number of nitriles is 4. The molecule has 1 aliphatic rings. The van der Waals surface area contributed by atoms with Crippen LogP contribution in [0.2, 0.25) is 0 Å². The van der Waals surface area contributed by atoms with Crippen LogP contribution >= 0.6 is 23.5 Å². The molecule has 1 aliphatic heterocycles. The van der Waals surface area contributed by atoms with Gasteiger partial charge in [0.05, 0.1) is 28.4 Å². The maximum atomic E-state index is 12.2. The molecule has 57 heavy (non-hydrogen) atoms. The van der Waals surface area contributed by atoms with Gasteiger partial charge in [-0.05, 0) is 35.1 Å². The number of hydrogen-bond acceptors (Lipinski definition) is 13. The summed E-state index contributed by atoms with van der Waals surface area (Å²) in [5, 5.41) is 38.2. The lowest BCUT2D eigenvalue weighted by Gasteiger charge is -2.39. The third kappa shape index (κ3) is 10.6. The zero-order chi connectivity index (χ0) is 42.2. The van der Waals surface area contributed by atoms with Gasteiger partial charge in [0.15, 0.2) is 0 Å². The summed E-state index contributed by atoms with van der Waals surface area (Å²) in [5.41, 5.74) is 15.4. The average Bonchev–Trinajstić information content (AvgIpc) is 3.21. The molecule has 2 amide bonds. The van der Waals surface area contributed by atoms with Crippen molar-refractivity contribution in [1.82, 2.24) is 9.97 Å². The first-order valence-electron chi connectivity index (χ1n) is 18.2. The van der Waals surface area contributed by atoms with Crippen LogP contribution in [0.3, 0.4) is 0 Å². The summed E-state index contributed by atoms with van der Waals surface area (Å²) in [6, 6.07) is 27.0. The molecule has 0 saturated carbocycles. The fourth-order valence-electron chi connectivity index (χ4n) is 5.91. The molecular weight excluding hydrogens is 757 g/mol. The van der Waals surface area contributed by atoms with Crippen molar-refractivity contribution in [3.05, 3.63) is 105 Å². The number of primary amides is 2. The quantitative estimate of drug-likeness (QED) is 0.141. The summed E-state index contributed by atoms with van der Waals surface area (Å²) in [6.07, 6.45) is 1.10. The van der Waals surface area contributed by atoms with Crippen LogP contribution in [-0.2, 0) is 27.2 Å². The molecule has 2 aromatic carbocycles. The zero-order valence-corrected chi connectivity index (χ0v) is 34.7. The van der Waals surface area contributed by atoms with Crippen molar-refractivity contribution < 1.29 is 14.3 Å². The van der Waals surface area contributed by atoms with E-state index in [1.807, 2.05) is 93.3 Å². The number of amides is 2. The third-order valence-corrected chi connectivity index (χ3v) is 11.3. The molecule has 1 saturated heterocycles. The number of aromatic nitrogens is 2. The smallest absolute Gasteiger partial charge is 0.235 e. The molecule has 2 unspecified atom stereocenters. The Hall–Kier alpha value is -6.10. The highest BCUT2D eigenvalue weighted by Gasteiger charge is 2.33. The predicted molar refractivity (Wildman–Crippen MR) is 223 cm³/mol. The number of thioether (sulfide) groups is 2. The number of ether oxygens (including phenoxy) is 1. The molecule has 15 heteroatoms. The van der Waals surface area contributed by atoms with Gasteiger partial charge in [-0.15, -0.1) is 0 Å². The molecule has 4 N–H and O–H groups in total. The van der Waals surface area contributed by atoms with Crippen molar-refractivity contribution in [2.45, 2.75) is 67.2 Å². The fourth-order valence-corrected chi connectivity index (χ4v) is 8.03. The lowest BCUT2D eigenvalue weighted by Crippen LogP contribution is -2.52. The number of nitrogens with zero attached hydrogens (tertiary/aromatic N) is 8. The number of pyridine rings is 2. The Kier molecular flexibility index (Phi) is 17.4. The Balaban J connectivity index is 0.000000294. The minimum Gasteiger partial charge on any atom is -0.378 e. The van der Waals surface area contributed by atoms with Crippen molar-refractivity contribution in [2.75, 3.05) is 44.1 Å². The first-order chi connectivity index (χ1) is 27.5. The number of benzene rings is 2. The molecule has 13 nitrogen and oxygen atoms in total. The van der Waals surface area contributed by atoms with Gasteiger partial charge in [0.1, 0.15) is 56.5 Å². The molecular formula is C42H46N10O3S2. The molecule has 0 bridgehead atoms. The van der Waals surface area contributed by atoms with Gasteiger partial charge in [0.2, 0.25) is 11.8 Å². The van der Waals surface area contributed by atoms with Gasteiger partial charge in [0.25, 0.3) is 0 Å². The summed E-state index contributed by atoms with van der Waals surface area (Å²) in [5.74, 6) is -0.0301. The molecule has 2 atom stereocenters. The van der Waals surface area contributed by atoms with Crippen LogP contribution in [0.5, 0.6) is 0 Å². The van der Waals surface area contributed by atoms with E-state index in [1.54, 1.807) is 26.1 Å². The van der Waals surface area contributed by atoms with E-state index >= 15 is 0 Å². The fraction of sp³-hybridized carbons (Fsp3) is 0.333. The number of rotatable bonds is 13. The van der Waals surface area contributed by atoms with Gasteiger partial charge >= 0.3 is 0 Å². The topological polar surface area (TPSA) is 223 Å². The van der Waals surface area contributed by atoms with Crippen molar-refractivity contribution in [3.8, 4) is 24.3 Å². The number of anilines is 2. The monoisotopic (exact) mass is 802 g/mol. The van der Waals surface area contributed by atoms with E-state index < -0.39 is 22.3 Å². The molecule has 0 spiro atoms. The maximum Gasteiger partial charge on any atom is 0.235 e. The van der Waals surface area contributed by atoms with Crippen molar-refractivity contribution in [3.63, 3.8) is 0 Å². The number of hydrogen-bond donors (Lipinski definition) is 2. The second kappa shape index (κ2) is 21.8. The molecule has 5 rings (SSSR count). The van der Waals surface area contributed by atoms with E-state index in [2.05, 4.69) is 34.2 Å². The largest absolute Gasteiger partial charge is 0.378 e. The van der Waals surface area contributed by atoms with Gasteiger partial charge in [-0.2, -0.15) is 21.0 Å². The lowest BCUT2D eigenvalue weighted by atomic mass is 10.0. The van der Waals surface area contributed by atoms with E-state index in [1.165, 1.54) is 0 Å². The standard InChI is InChI=1S/C21H21N5O2S.C19H19N5OS.C2H6/c1-3-15-16(9-22)20(26-11-14(12-26)28-2)25-21(17(15)10-23)29-18(19(24)27)13-7-5-4-6-8-13;1-4-13-14(10-20)18(24(2)3)23-19(15(13)11-21)26-16(17(22)25)12-8-6-5-7-9-12;1-2/h4-8,14,18H,3,11-12H2,1-2H3,(H2,24,27);5-9,16H,4H2,1-3H3,(H2,22,25);1-2H3. The number of carbonyl (C=O) groups is 2. The minimum absolute atomic E-state index is 0.0860. The van der Waals surface area contributed by atoms with Crippen LogP contribution in [-0.4, -0.2) is 62.2 Å². The van der Waals surface area contributed by atoms with E-state index in [4.69, 9.17) is 16.2 Å². The molecule has 0 radical (unpaired) electrons. The Morgan fingerprint density at radius 3 is 1.51 bits per heavy atom. The van der Waals surface area contributed by atoms with Gasteiger partial charge in [-0.25, -0.2) is 9.97 Å². The van der Waals surface area contributed by atoms with Crippen LogP contribution in [0.4, 0.5) is 11.6 Å². The lowest BCUT2D eigenvalue weighted by molar-refractivity contribution is -0.118. The first-order valence-corrected chi connectivity index (χ1v) is 19.9. The normalized spacial score (nSPS) is 12.6. The molecule has 3 heterocycles.